The molecule has 0 radical (unpaired) electrons. The van der Waals surface area contributed by atoms with Crippen molar-refractivity contribution in [3.63, 3.8) is 0 Å². The highest BCUT2D eigenvalue weighted by atomic mass is 16.5. The van der Waals surface area contributed by atoms with Crippen molar-refractivity contribution in [3.05, 3.63) is 30.1 Å². The number of piperazine rings is 1. The number of fused-ring (bicyclic) bond motifs is 1. The fraction of sp³-hybridized carbons (Fsp3) is 0.714. The molecule has 6 heteroatoms. The van der Waals surface area contributed by atoms with Gasteiger partial charge in [0.15, 0.2) is 0 Å². The van der Waals surface area contributed by atoms with Gasteiger partial charge in [0.25, 0.3) is 0 Å². The van der Waals surface area contributed by atoms with Crippen LogP contribution in [0.4, 0.5) is 5.95 Å². The molecule has 0 spiro atoms. The molecule has 1 aliphatic heterocycles. The van der Waals surface area contributed by atoms with Gasteiger partial charge in [0.05, 0.1) is 19.3 Å². The van der Waals surface area contributed by atoms with Crippen LogP contribution >= 0.6 is 0 Å². The zero-order valence-corrected chi connectivity index (χ0v) is 16.5. The van der Waals surface area contributed by atoms with E-state index in [-0.39, 0.29) is 0 Å². The maximum atomic E-state index is 10.4. The zero-order chi connectivity index (χ0) is 18.9. The minimum Gasteiger partial charge on any atom is -0.389 e. The molecule has 4 aliphatic rings. The number of ether oxygens (including phenoxy) is 1. The summed E-state index contributed by atoms with van der Waals surface area (Å²) in [6.45, 7) is 10.1. The van der Waals surface area contributed by atoms with Gasteiger partial charge in [-0.1, -0.05) is 19.9 Å². The van der Waals surface area contributed by atoms with Crippen molar-refractivity contribution in [1.29, 1.82) is 0 Å². The van der Waals surface area contributed by atoms with Crippen molar-refractivity contribution in [3.8, 4) is 0 Å². The molecular weight excluding hydrogens is 340 g/mol. The van der Waals surface area contributed by atoms with Crippen LogP contribution in [0.5, 0.6) is 0 Å². The lowest BCUT2D eigenvalue weighted by molar-refractivity contribution is -0.0262. The molecule has 1 N–H and O–H groups in total. The number of hydrogen-bond donors (Lipinski definition) is 1. The van der Waals surface area contributed by atoms with Crippen LogP contribution in [-0.2, 0) is 4.74 Å². The number of aliphatic hydroxyl groups is 1. The summed E-state index contributed by atoms with van der Waals surface area (Å²) < 4.78 is 5.88. The minimum atomic E-state index is -0.434. The van der Waals surface area contributed by atoms with Crippen molar-refractivity contribution in [1.82, 2.24) is 14.9 Å². The Morgan fingerprint density at radius 3 is 2.63 bits per heavy atom. The molecule has 1 saturated heterocycles. The second-order valence-corrected chi connectivity index (χ2v) is 8.83. The summed E-state index contributed by atoms with van der Waals surface area (Å²) in [4.78, 5) is 13.1. The third-order valence-electron chi connectivity index (χ3n) is 6.84. The standard InChI is InChI=1S/C21H32N4O2/c1-21(2)17-5-4-16(19(21)12-17)14-27-15-18(26)13-24-8-10-25(11-9-24)20-22-6-3-7-23-20/h3-4,6-7,17-19,26H,5,8-15H2,1-2H3. The highest BCUT2D eigenvalue weighted by Gasteiger charge is 2.50. The van der Waals surface area contributed by atoms with Gasteiger partial charge in [0.2, 0.25) is 5.95 Å². The number of anilines is 1. The van der Waals surface area contributed by atoms with E-state index in [0.717, 1.165) is 38.0 Å². The first-order chi connectivity index (χ1) is 13.0. The van der Waals surface area contributed by atoms with E-state index < -0.39 is 6.10 Å². The second-order valence-electron chi connectivity index (χ2n) is 8.83. The van der Waals surface area contributed by atoms with Gasteiger partial charge in [0, 0.05) is 45.1 Å². The lowest BCUT2D eigenvalue weighted by Gasteiger charge is -2.56. The summed E-state index contributed by atoms with van der Waals surface area (Å²) >= 11 is 0. The van der Waals surface area contributed by atoms with E-state index in [4.69, 9.17) is 4.74 Å². The summed E-state index contributed by atoms with van der Waals surface area (Å²) in [6.07, 6.45) is 8.02. The third kappa shape index (κ3) is 4.03. The fourth-order valence-electron chi connectivity index (χ4n) is 4.89. The van der Waals surface area contributed by atoms with Crippen molar-refractivity contribution in [2.45, 2.75) is 32.8 Å². The van der Waals surface area contributed by atoms with Crippen molar-refractivity contribution < 1.29 is 9.84 Å². The Morgan fingerprint density at radius 2 is 1.96 bits per heavy atom. The molecule has 1 aromatic rings. The van der Waals surface area contributed by atoms with E-state index in [1.54, 1.807) is 12.4 Å². The van der Waals surface area contributed by atoms with E-state index >= 15 is 0 Å². The molecule has 148 valence electrons. The number of β-amino-alcohol motifs (C(OH)–C–C–N with tert-alkyl or cyclic N) is 1. The molecule has 3 aliphatic carbocycles. The Morgan fingerprint density at radius 1 is 1.22 bits per heavy atom. The van der Waals surface area contributed by atoms with Crippen LogP contribution in [0.2, 0.25) is 0 Å². The number of aliphatic hydroxyl groups excluding tert-OH is 1. The summed E-state index contributed by atoms with van der Waals surface area (Å²) in [5.41, 5.74) is 1.89. The largest absolute Gasteiger partial charge is 0.389 e. The van der Waals surface area contributed by atoms with Gasteiger partial charge in [0.1, 0.15) is 0 Å². The molecule has 2 fully saturated rings. The smallest absolute Gasteiger partial charge is 0.225 e. The summed E-state index contributed by atoms with van der Waals surface area (Å²) in [7, 11) is 0. The number of rotatable bonds is 7. The Labute approximate surface area is 162 Å². The molecule has 1 saturated carbocycles. The Kier molecular flexibility index (Phi) is 5.48. The number of nitrogens with zero attached hydrogens (tertiary/aromatic N) is 4. The first-order valence-corrected chi connectivity index (χ1v) is 10.2. The first-order valence-electron chi connectivity index (χ1n) is 10.2. The lowest BCUT2D eigenvalue weighted by atomic mass is 9.49. The zero-order valence-electron chi connectivity index (χ0n) is 16.5. The SMILES string of the molecule is CC1(C)C2CC=C(COCC(O)CN3CCN(c4ncccn4)CC3)C1C2. The number of aromatic nitrogens is 2. The van der Waals surface area contributed by atoms with Crippen LogP contribution in [-0.4, -0.2) is 72.0 Å². The van der Waals surface area contributed by atoms with Crippen LogP contribution in [0.25, 0.3) is 0 Å². The topological polar surface area (TPSA) is 61.7 Å². The average molecular weight is 373 g/mol. The molecule has 27 heavy (non-hydrogen) atoms. The van der Waals surface area contributed by atoms with Crippen LogP contribution in [0.1, 0.15) is 26.7 Å². The van der Waals surface area contributed by atoms with Crippen molar-refractivity contribution in [2.75, 3.05) is 50.8 Å². The highest BCUT2D eigenvalue weighted by Crippen LogP contribution is 2.59. The molecule has 1 aromatic heterocycles. The van der Waals surface area contributed by atoms with E-state index in [1.807, 2.05) is 6.07 Å². The third-order valence-corrected chi connectivity index (χ3v) is 6.84. The summed E-state index contributed by atoms with van der Waals surface area (Å²) in [6, 6.07) is 1.84. The van der Waals surface area contributed by atoms with Crippen molar-refractivity contribution in [2.24, 2.45) is 17.3 Å². The predicted octanol–water partition coefficient (Wildman–Crippen LogP) is 1.97. The molecule has 3 unspecified atom stereocenters. The normalized spacial score (nSPS) is 28.4. The van der Waals surface area contributed by atoms with E-state index in [2.05, 4.69) is 39.7 Å². The molecule has 5 rings (SSSR count). The van der Waals surface area contributed by atoms with Gasteiger partial charge in [-0.15, -0.1) is 0 Å². The summed E-state index contributed by atoms with van der Waals surface area (Å²) in [5, 5.41) is 10.4. The van der Waals surface area contributed by atoms with Crippen LogP contribution in [0.3, 0.4) is 0 Å². The molecule has 6 nitrogen and oxygen atoms in total. The molecular formula is C21H32N4O2. The maximum Gasteiger partial charge on any atom is 0.225 e. The lowest BCUT2D eigenvalue weighted by Crippen LogP contribution is -2.50. The fourth-order valence-corrected chi connectivity index (χ4v) is 4.89. The molecule has 2 bridgehead atoms. The monoisotopic (exact) mass is 372 g/mol. The molecule has 0 amide bonds. The minimum absolute atomic E-state index is 0.413. The van der Waals surface area contributed by atoms with Gasteiger partial charge in [-0.25, -0.2) is 9.97 Å². The molecule has 3 atom stereocenters. The van der Waals surface area contributed by atoms with E-state index in [0.29, 0.717) is 31.1 Å². The maximum absolute atomic E-state index is 10.4. The van der Waals surface area contributed by atoms with Gasteiger partial charge in [-0.3, -0.25) is 4.90 Å². The van der Waals surface area contributed by atoms with Crippen LogP contribution < -0.4 is 4.90 Å². The quantitative estimate of drug-likeness (QED) is 0.739. The number of allylic oxidation sites excluding steroid dienone is 1. The average Bonchev–Trinajstić information content (AvgIpc) is 2.69. The Balaban J connectivity index is 1.16. The van der Waals surface area contributed by atoms with Crippen LogP contribution in [0.15, 0.2) is 30.1 Å². The van der Waals surface area contributed by atoms with Crippen LogP contribution in [0, 0.1) is 17.3 Å². The van der Waals surface area contributed by atoms with Crippen molar-refractivity contribution >= 4 is 5.95 Å². The van der Waals surface area contributed by atoms with Gasteiger partial charge in [-0.2, -0.15) is 0 Å². The Hall–Kier alpha value is -1.50. The van der Waals surface area contributed by atoms with Gasteiger partial charge < -0.3 is 14.7 Å². The molecule has 2 heterocycles. The predicted molar refractivity (Wildman–Crippen MR) is 106 cm³/mol. The van der Waals surface area contributed by atoms with E-state index in [1.165, 1.54) is 18.4 Å². The Bertz CT molecular complexity index is 655. The summed E-state index contributed by atoms with van der Waals surface area (Å²) in [5.74, 6) is 2.33. The second kappa shape index (κ2) is 7.86. The van der Waals surface area contributed by atoms with E-state index in [9.17, 15) is 5.11 Å². The molecule has 0 aromatic carbocycles. The highest BCUT2D eigenvalue weighted by molar-refractivity contribution is 5.29. The number of hydrogen-bond acceptors (Lipinski definition) is 6. The van der Waals surface area contributed by atoms with Gasteiger partial charge >= 0.3 is 0 Å². The van der Waals surface area contributed by atoms with Gasteiger partial charge in [-0.05, 0) is 41.7 Å². The first kappa shape index (κ1) is 18.8.